The molecule has 5 rings (SSSR count). The number of amides is 2. The molecule has 37 heavy (non-hydrogen) atoms. The van der Waals surface area contributed by atoms with E-state index in [1.54, 1.807) is 18.2 Å². The van der Waals surface area contributed by atoms with Crippen LogP contribution in [0.4, 0.5) is 0 Å². The molecule has 2 amide bonds. The number of sulfonamides is 1. The first-order valence-corrected chi connectivity index (χ1v) is 16.5. The van der Waals surface area contributed by atoms with Gasteiger partial charge in [0, 0.05) is 35.4 Å². The van der Waals surface area contributed by atoms with Crippen molar-refractivity contribution in [2.75, 3.05) is 39.3 Å². The minimum atomic E-state index is -3.87. The fraction of sp³-hybridized carbons (Fsp3) is 0.600. The van der Waals surface area contributed by atoms with Gasteiger partial charge in [-0.25, -0.2) is 8.42 Å². The van der Waals surface area contributed by atoms with Crippen molar-refractivity contribution in [3.63, 3.8) is 0 Å². The number of nitrogens with one attached hydrogen (secondary N) is 1. The highest BCUT2D eigenvalue weighted by molar-refractivity contribution is 7.91. The van der Waals surface area contributed by atoms with Gasteiger partial charge in [-0.3, -0.25) is 9.59 Å². The molecule has 0 aromatic carbocycles. The van der Waals surface area contributed by atoms with Crippen LogP contribution in [0.1, 0.15) is 44.9 Å². The second kappa shape index (κ2) is 11.7. The number of hydrogen-bond acceptors (Lipinski definition) is 7. The minimum absolute atomic E-state index is 0.00977. The fourth-order valence-electron chi connectivity index (χ4n) is 5.54. The van der Waals surface area contributed by atoms with Gasteiger partial charge in [-0.2, -0.15) is 4.72 Å². The van der Waals surface area contributed by atoms with Crippen LogP contribution >= 0.6 is 34.3 Å². The van der Waals surface area contributed by atoms with E-state index < -0.39 is 16.1 Å². The number of carbonyl (C=O) groups is 2. The van der Waals surface area contributed by atoms with Crippen molar-refractivity contribution in [1.29, 1.82) is 0 Å². The van der Waals surface area contributed by atoms with Gasteiger partial charge in [0.15, 0.2) is 0 Å². The zero-order valence-corrected chi connectivity index (χ0v) is 23.9. The predicted molar refractivity (Wildman–Crippen MR) is 148 cm³/mol. The van der Waals surface area contributed by atoms with Crippen molar-refractivity contribution in [2.24, 2.45) is 0 Å². The van der Waals surface area contributed by atoms with E-state index in [1.807, 2.05) is 11.0 Å². The van der Waals surface area contributed by atoms with Gasteiger partial charge in [-0.05, 0) is 75.9 Å². The van der Waals surface area contributed by atoms with Crippen molar-refractivity contribution in [3.05, 3.63) is 28.6 Å². The number of likely N-dealkylation sites (tertiary alicyclic amines) is 3. The first-order chi connectivity index (χ1) is 17.8. The molecule has 12 heteroatoms. The highest BCUT2D eigenvalue weighted by Crippen LogP contribution is 2.37. The van der Waals surface area contributed by atoms with Crippen molar-refractivity contribution in [1.82, 2.24) is 19.4 Å². The van der Waals surface area contributed by atoms with Crippen LogP contribution in [-0.4, -0.2) is 86.3 Å². The van der Waals surface area contributed by atoms with E-state index in [2.05, 4.69) is 9.62 Å². The van der Waals surface area contributed by atoms with E-state index in [9.17, 15) is 18.0 Å². The SMILES string of the molecule is O=C1C(NS(=O)(=O)c2ccc(-c3ccc(Cl)s3)s2)CCCN1CC(=O)N1CCCC1CN1CCCCC1. The number of carbonyl (C=O) groups excluding carboxylic acids is 2. The lowest BCUT2D eigenvalue weighted by Gasteiger charge is -2.36. The summed E-state index contributed by atoms with van der Waals surface area (Å²) in [7, 11) is -3.87. The molecule has 2 unspecified atom stereocenters. The average Bonchev–Trinajstić information content (AvgIpc) is 3.63. The summed E-state index contributed by atoms with van der Waals surface area (Å²) in [6, 6.07) is 6.29. The van der Waals surface area contributed by atoms with E-state index in [1.165, 1.54) is 35.5 Å². The standard InChI is InChI=1S/C25H33ClN4O4S3/c26-22-10-8-20(35-22)21-9-11-24(36-21)37(33,34)27-19-7-5-14-29(25(19)32)17-23(31)30-15-4-6-18(30)16-28-12-2-1-3-13-28/h8-11,18-19,27H,1-7,12-17H2. The van der Waals surface area contributed by atoms with Crippen LogP contribution in [0.15, 0.2) is 28.5 Å². The summed E-state index contributed by atoms with van der Waals surface area (Å²) in [5, 5.41) is 0. The molecule has 3 fully saturated rings. The van der Waals surface area contributed by atoms with Crippen molar-refractivity contribution in [3.8, 4) is 9.75 Å². The highest BCUT2D eigenvalue weighted by Gasteiger charge is 2.36. The summed E-state index contributed by atoms with van der Waals surface area (Å²) in [5.41, 5.74) is 0. The average molecular weight is 585 g/mol. The number of thiophene rings is 2. The first kappa shape index (κ1) is 27.1. The van der Waals surface area contributed by atoms with E-state index in [4.69, 9.17) is 11.6 Å². The van der Waals surface area contributed by atoms with Gasteiger partial charge in [0.05, 0.1) is 10.9 Å². The Morgan fingerprint density at radius 1 is 0.946 bits per heavy atom. The monoisotopic (exact) mass is 584 g/mol. The Hall–Kier alpha value is -1.50. The van der Waals surface area contributed by atoms with Gasteiger partial charge in [-0.1, -0.05) is 18.0 Å². The molecular formula is C25H33ClN4O4S3. The fourth-order valence-corrected chi connectivity index (χ4v) is 9.22. The Balaban J connectivity index is 1.19. The number of piperidine rings is 2. The molecule has 0 saturated carbocycles. The van der Waals surface area contributed by atoms with Crippen LogP contribution in [0.5, 0.6) is 0 Å². The Labute approximate surface area is 231 Å². The van der Waals surface area contributed by atoms with E-state index in [-0.39, 0.29) is 28.6 Å². The Bertz CT molecular complexity index is 1220. The van der Waals surface area contributed by atoms with Gasteiger partial charge < -0.3 is 14.7 Å². The lowest BCUT2D eigenvalue weighted by molar-refractivity contribution is -0.143. The quantitative estimate of drug-likeness (QED) is 0.509. The van der Waals surface area contributed by atoms with Crippen LogP contribution < -0.4 is 4.72 Å². The molecule has 5 heterocycles. The van der Waals surface area contributed by atoms with Crippen LogP contribution in [0.3, 0.4) is 0 Å². The third kappa shape index (κ3) is 6.39. The van der Waals surface area contributed by atoms with Crippen LogP contribution in [0.25, 0.3) is 9.75 Å². The van der Waals surface area contributed by atoms with Gasteiger partial charge in [0.25, 0.3) is 10.0 Å². The van der Waals surface area contributed by atoms with Crippen LogP contribution in [0, 0.1) is 0 Å². The second-order valence-electron chi connectivity index (χ2n) is 10.0. The zero-order valence-electron chi connectivity index (χ0n) is 20.7. The molecule has 2 atom stereocenters. The van der Waals surface area contributed by atoms with E-state index >= 15 is 0 Å². The maximum atomic E-state index is 13.2. The molecule has 2 aromatic heterocycles. The van der Waals surface area contributed by atoms with Gasteiger partial charge >= 0.3 is 0 Å². The van der Waals surface area contributed by atoms with E-state index in [0.717, 1.165) is 60.1 Å². The van der Waals surface area contributed by atoms with Crippen molar-refractivity contribution in [2.45, 2.75) is 61.2 Å². The molecule has 1 N–H and O–H groups in total. The molecule has 0 spiro atoms. The minimum Gasteiger partial charge on any atom is -0.337 e. The lowest BCUT2D eigenvalue weighted by atomic mass is 10.1. The normalized spacial score (nSPS) is 23.6. The third-order valence-electron chi connectivity index (χ3n) is 7.43. The molecule has 3 saturated heterocycles. The van der Waals surface area contributed by atoms with Gasteiger partial charge in [0.2, 0.25) is 11.8 Å². The number of rotatable bonds is 8. The maximum Gasteiger partial charge on any atom is 0.250 e. The summed E-state index contributed by atoms with van der Waals surface area (Å²) in [5.74, 6) is -0.356. The predicted octanol–water partition coefficient (Wildman–Crippen LogP) is 3.88. The smallest absolute Gasteiger partial charge is 0.250 e. The molecule has 0 aliphatic carbocycles. The number of nitrogens with zero attached hydrogens (tertiary/aromatic N) is 3. The van der Waals surface area contributed by atoms with Crippen LogP contribution in [0.2, 0.25) is 4.34 Å². The molecule has 202 valence electrons. The summed E-state index contributed by atoms with van der Waals surface area (Å²) in [6.45, 7) is 4.30. The molecule has 2 aromatic rings. The molecule has 3 aliphatic rings. The summed E-state index contributed by atoms with van der Waals surface area (Å²) >= 11 is 8.55. The second-order valence-corrected chi connectivity index (χ2v) is 14.8. The highest BCUT2D eigenvalue weighted by atomic mass is 35.5. The molecular weight excluding hydrogens is 552 g/mol. The summed E-state index contributed by atoms with van der Waals surface area (Å²) in [4.78, 5) is 34.1. The largest absolute Gasteiger partial charge is 0.337 e. The van der Waals surface area contributed by atoms with Crippen molar-refractivity contribution < 1.29 is 18.0 Å². The molecule has 3 aliphatic heterocycles. The van der Waals surface area contributed by atoms with E-state index in [0.29, 0.717) is 23.7 Å². The zero-order chi connectivity index (χ0) is 26.0. The number of halogens is 1. The van der Waals surface area contributed by atoms with Gasteiger partial charge in [-0.15, -0.1) is 22.7 Å². The first-order valence-electron chi connectivity index (χ1n) is 13.0. The Kier molecular flexibility index (Phi) is 8.57. The third-order valence-corrected chi connectivity index (χ3v) is 11.9. The molecule has 0 bridgehead atoms. The number of hydrogen-bond donors (Lipinski definition) is 1. The van der Waals surface area contributed by atoms with Crippen molar-refractivity contribution >= 4 is 56.1 Å². The summed E-state index contributed by atoms with van der Waals surface area (Å²) < 4.78 is 29.6. The van der Waals surface area contributed by atoms with Gasteiger partial charge in [0.1, 0.15) is 10.3 Å². The Morgan fingerprint density at radius 2 is 1.68 bits per heavy atom. The maximum absolute atomic E-state index is 13.2. The lowest BCUT2D eigenvalue weighted by Crippen LogP contribution is -2.55. The summed E-state index contributed by atoms with van der Waals surface area (Å²) in [6.07, 6.45) is 6.77. The Morgan fingerprint density at radius 3 is 2.43 bits per heavy atom. The molecule has 8 nitrogen and oxygen atoms in total. The van der Waals surface area contributed by atoms with Crippen LogP contribution in [-0.2, 0) is 19.6 Å². The topological polar surface area (TPSA) is 90.0 Å². The molecule has 0 radical (unpaired) electrons.